The molecule has 2 atom stereocenters. The van der Waals surface area contributed by atoms with Gasteiger partial charge in [-0.15, -0.1) is 0 Å². The molecule has 2 unspecified atom stereocenters. The molecule has 0 aromatic rings. The Hall–Kier alpha value is -0.120. The summed E-state index contributed by atoms with van der Waals surface area (Å²) < 4.78 is 10.2. The molecule has 0 aromatic heterocycles. The van der Waals surface area contributed by atoms with Crippen molar-refractivity contribution in [3.8, 4) is 0 Å². The maximum atomic E-state index is 9.57. The van der Waals surface area contributed by atoms with Crippen LogP contribution in [0, 0.1) is 5.92 Å². The molecule has 0 saturated heterocycles. The lowest BCUT2D eigenvalue weighted by molar-refractivity contribution is 0.0624. The normalized spacial score (nSPS) is 27.0. The van der Waals surface area contributed by atoms with E-state index in [1.165, 1.54) is 12.8 Å². The number of rotatable bonds is 7. The van der Waals surface area contributed by atoms with E-state index in [9.17, 15) is 5.11 Å². The minimum atomic E-state index is -0.0472. The first kappa shape index (κ1) is 12.0. The standard InChI is InChI=1S/C11H22O3/c1-13-8-9-14-7-3-5-10-4-2-6-11(10)12/h10-12H,2-9H2,1H3. The van der Waals surface area contributed by atoms with Crippen LogP contribution in [0.2, 0.25) is 0 Å². The van der Waals surface area contributed by atoms with E-state index in [0.29, 0.717) is 19.1 Å². The Morgan fingerprint density at radius 2 is 2.07 bits per heavy atom. The molecule has 3 nitrogen and oxygen atoms in total. The fraction of sp³-hybridized carbons (Fsp3) is 1.00. The van der Waals surface area contributed by atoms with Crippen molar-refractivity contribution < 1.29 is 14.6 Å². The lowest BCUT2D eigenvalue weighted by Gasteiger charge is -2.13. The second-order valence-corrected chi connectivity index (χ2v) is 4.01. The highest BCUT2D eigenvalue weighted by Gasteiger charge is 2.24. The third-order valence-corrected chi connectivity index (χ3v) is 2.91. The van der Waals surface area contributed by atoms with Crippen molar-refractivity contribution in [3.63, 3.8) is 0 Å². The fourth-order valence-corrected chi connectivity index (χ4v) is 2.05. The highest BCUT2D eigenvalue weighted by atomic mass is 16.5. The van der Waals surface area contributed by atoms with E-state index in [-0.39, 0.29) is 6.10 Å². The molecule has 1 aliphatic carbocycles. The number of aliphatic hydroxyl groups is 1. The quantitative estimate of drug-likeness (QED) is 0.637. The summed E-state index contributed by atoms with van der Waals surface area (Å²) in [6.45, 7) is 2.16. The molecule has 1 N–H and O–H groups in total. The Bertz CT molecular complexity index is 138. The van der Waals surface area contributed by atoms with Crippen molar-refractivity contribution in [2.45, 2.75) is 38.2 Å². The number of ether oxygens (including phenoxy) is 2. The van der Waals surface area contributed by atoms with Crippen molar-refractivity contribution in [2.24, 2.45) is 5.92 Å². The van der Waals surface area contributed by atoms with Gasteiger partial charge in [0.15, 0.2) is 0 Å². The molecule has 0 aliphatic heterocycles. The van der Waals surface area contributed by atoms with Gasteiger partial charge in [0.25, 0.3) is 0 Å². The Kier molecular flexibility index (Phi) is 6.15. The van der Waals surface area contributed by atoms with E-state index in [0.717, 1.165) is 25.9 Å². The van der Waals surface area contributed by atoms with Gasteiger partial charge >= 0.3 is 0 Å². The number of aliphatic hydroxyl groups excluding tert-OH is 1. The molecule has 1 rings (SSSR count). The van der Waals surface area contributed by atoms with Crippen molar-refractivity contribution in [3.05, 3.63) is 0 Å². The summed E-state index contributed by atoms with van der Waals surface area (Å²) in [5.41, 5.74) is 0. The molecule has 1 fully saturated rings. The highest BCUT2D eigenvalue weighted by molar-refractivity contribution is 4.76. The van der Waals surface area contributed by atoms with E-state index in [1.54, 1.807) is 7.11 Å². The van der Waals surface area contributed by atoms with Gasteiger partial charge in [0, 0.05) is 13.7 Å². The number of hydrogen-bond acceptors (Lipinski definition) is 3. The van der Waals surface area contributed by atoms with Gasteiger partial charge in [-0.25, -0.2) is 0 Å². The first-order chi connectivity index (χ1) is 6.84. The minimum absolute atomic E-state index is 0.0472. The van der Waals surface area contributed by atoms with E-state index >= 15 is 0 Å². The van der Waals surface area contributed by atoms with Crippen LogP contribution in [0.5, 0.6) is 0 Å². The van der Waals surface area contributed by atoms with E-state index in [1.807, 2.05) is 0 Å². The fourth-order valence-electron chi connectivity index (χ4n) is 2.05. The molecule has 84 valence electrons. The second-order valence-electron chi connectivity index (χ2n) is 4.01. The van der Waals surface area contributed by atoms with Crippen molar-refractivity contribution in [2.75, 3.05) is 26.9 Å². The summed E-state index contributed by atoms with van der Waals surface area (Å²) in [7, 11) is 1.68. The first-order valence-corrected chi connectivity index (χ1v) is 5.59. The molecule has 0 aromatic carbocycles. The van der Waals surface area contributed by atoms with Crippen LogP contribution >= 0.6 is 0 Å². The Morgan fingerprint density at radius 1 is 1.21 bits per heavy atom. The molecule has 14 heavy (non-hydrogen) atoms. The van der Waals surface area contributed by atoms with Crippen molar-refractivity contribution in [1.82, 2.24) is 0 Å². The topological polar surface area (TPSA) is 38.7 Å². The minimum Gasteiger partial charge on any atom is -0.393 e. The van der Waals surface area contributed by atoms with Gasteiger partial charge in [-0.2, -0.15) is 0 Å². The third kappa shape index (κ3) is 4.40. The molecule has 1 aliphatic rings. The van der Waals surface area contributed by atoms with Crippen LogP contribution in [0.25, 0.3) is 0 Å². The second kappa shape index (κ2) is 7.21. The van der Waals surface area contributed by atoms with Crippen LogP contribution in [0.15, 0.2) is 0 Å². The van der Waals surface area contributed by atoms with E-state index in [2.05, 4.69) is 0 Å². The van der Waals surface area contributed by atoms with E-state index in [4.69, 9.17) is 9.47 Å². The van der Waals surface area contributed by atoms with Gasteiger partial charge in [0.1, 0.15) is 0 Å². The molecule has 0 amide bonds. The molecule has 0 spiro atoms. The van der Waals surface area contributed by atoms with Gasteiger partial charge in [-0.3, -0.25) is 0 Å². The SMILES string of the molecule is COCCOCCCC1CCCC1O. The Morgan fingerprint density at radius 3 is 2.71 bits per heavy atom. The Labute approximate surface area is 86.4 Å². The van der Waals surface area contributed by atoms with Crippen LogP contribution in [0.3, 0.4) is 0 Å². The van der Waals surface area contributed by atoms with Crippen LogP contribution < -0.4 is 0 Å². The van der Waals surface area contributed by atoms with Gasteiger partial charge in [-0.1, -0.05) is 6.42 Å². The van der Waals surface area contributed by atoms with Crippen molar-refractivity contribution >= 4 is 0 Å². The summed E-state index contributed by atoms with van der Waals surface area (Å²) in [5.74, 6) is 0.529. The molecule has 3 heteroatoms. The van der Waals surface area contributed by atoms with Crippen LogP contribution in [0.1, 0.15) is 32.1 Å². The van der Waals surface area contributed by atoms with Crippen LogP contribution in [-0.4, -0.2) is 38.1 Å². The average molecular weight is 202 g/mol. The lowest BCUT2D eigenvalue weighted by Crippen LogP contribution is -2.13. The molecular weight excluding hydrogens is 180 g/mol. The predicted molar refractivity (Wildman–Crippen MR) is 55.3 cm³/mol. The average Bonchev–Trinajstić information content (AvgIpc) is 2.58. The molecule has 0 radical (unpaired) electrons. The van der Waals surface area contributed by atoms with Crippen LogP contribution in [0.4, 0.5) is 0 Å². The Balaban J connectivity index is 1.88. The number of methoxy groups -OCH3 is 1. The maximum Gasteiger partial charge on any atom is 0.0700 e. The van der Waals surface area contributed by atoms with Gasteiger partial charge < -0.3 is 14.6 Å². The zero-order chi connectivity index (χ0) is 10.2. The molecule has 0 bridgehead atoms. The maximum absolute atomic E-state index is 9.57. The largest absolute Gasteiger partial charge is 0.393 e. The van der Waals surface area contributed by atoms with E-state index < -0.39 is 0 Å². The predicted octanol–water partition coefficient (Wildman–Crippen LogP) is 1.59. The summed E-state index contributed by atoms with van der Waals surface area (Å²) in [6, 6.07) is 0. The summed E-state index contributed by atoms with van der Waals surface area (Å²) in [5, 5.41) is 9.57. The monoisotopic (exact) mass is 202 g/mol. The molecule has 0 heterocycles. The molecule has 1 saturated carbocycles. The third-order valence-electron chi connectivity index (χ3n) is 2.91. The highest BCUT2D eigenvalue weighted by Crippen LogP contribution is 2.28. The van der Waals surface area contributed by atoms with Gasteiger partial charge in [0.2, 0.25) is 0 Å². The first-order valence-electron chi connectivity index (χ1n) is 5.59. The summed E-state index contributed by atoms with van der Waals surface area (Å²) in [6.07, 6.45) is 5.50. The summed E-state index contributed by atoms with van der Waals surface area (Å²) >= 11 is 0. The van der Waals surface area contributed by atoms with Gasteiger partial charge in [-0.05, 0) is 31.6 Å². The lowest BCUT2D eigenvalue weighted by atomic mass is 10.0. The number of hydrogen-bond donors (Lipinski definition) is 1. The van der Waals surface area contributed by atoms with Gasteiger partial charge in [0.05, 0.1) is 19.3 Å². The smallest absolute Gasteiger partial charge is 0.0700 e. The van der Waals surface area contributed by atoms with Crippen molar-refractivity contribution in [1.29, 1.82) is 0 Å². The molecular formula is C11H22O3. The zero-order valence-corrected chi connectivity index (χ0v) is 9.08. The van der Waals surface area contributed by atoms with Crippen LogP contribution in [-0.2, 0) is 9.47 Å². The zero-order valence-electron chi connectivity index (χ0n) is 9.08. The summed E-state index contributed by atoms with van der Waals surface area (Å²) in [4.78, 5) is 0.